The molecule has 136 valence electrons. The van der Waals surface area contributed by atoms with E-state index in [2.05, 4.69) is 42.0 Å². The minimum absolute atomic E-state index is 0.104. The van der Waals surface area contributed by atoms with Crippen molar-refractivity contribution >= 4 is 5.57 Å². The van der Waals surface area contributed by atoms with Gasteiger partial charge in [0, 0.05) is 17.8 Å². The lowest BCUT2D eigenvalue weighted by molar-refractivity contribution is 0.0369. The molecule has 0 aliphatic heterocycles. The van der Waals surface area contributed by atoms with Crippen LogP contribution in [-0.4, -0.2) is 21.2 Å². The first-order valence-corrected chi connectivity index (χ1v) is 10.1. The number of nitrogens with zero attached hydrogens (tertiary/aromatic N) is 2. The summed E-state index contributed by atoms with van der Waals surface area (Å²) in [7, 11) is 0. The van der Waals surface area contributed by atoms with Crippen molar-refractivity contribution in [3.63, 3.8) is 0 Å². The fourth-order valence-electron chi connectivity index (χ4n) is 6.46. The van der Waals surface area contributed by atoms with E-state index in [1.54, 1.807) is 18.0 Å². The molecule has 2 saturated carbocycles. The second kappa shape index (κ2) is 5.63. The molecule has 5 rings (SSSR count). The third-order valence-corrected chi connectivity index (χ3v) is 7.96. The molecule has 0 spiro atoms. The molecule has 0 amide bonds. The van der Waals surface area contributed by atoms with Crippen LogP contribution in [0.4, 0.5) is 0 Å². The number of hydrogen-bond donors (Lipinski definition) is 1. The highest BCUT2D eigenvalue weighted by atomic mass is 16.3. The zero-order valence-electron chi connectivity index (χ0n) is 15.8. The Hall–Kier alpha value is -1.74. The molecule has 1 heterocycles. The highest BCUT2D eigenvalue weighted by molar-refractivity contribution is 5.76. The van der Waals surface area contributed by atoms with Gasteiger partial charge in [-0.3, -0.25) is 9.97 Å². The van der Waals surface area contributed by atoms with Gasteiger partial charge in [0.25, 0.3) is 0 Å². The number of rotatable bonds is 1. The van der Waals surface area contributed by atoms with E-state index in [1.165, 1.54) is 24.0 Å². The monoisotopic (exact) mass is 348 g/mol. The van der Waals surface area contributed by atoms with Crippen molar-refractivity contribution in [2.75, 3.05) is 0 Å². The summed E-state index contributed by atoms with van der Waals surface area (Å²) in [4.78, 5) is 8.88. The molecule has 0 aromatic carbocycles. The van der Waals surface area contributed by atoms with Crippen molar-refractivity contribution in [2.24, 2.45) is 22.7 Å². The van der Waals surface area contributed by atoms with E-state index in [-0.39, 0.29) is 16.9 Å². The maximum absolute atomic E-state index is 10.1. The van der Waals surface area contributed by atoms with E-state index in [4.69, 9.17) is 0 Å². The molecule has 1 aromatic heterocycles. The molecule has 1 N–H and O–H groups in total. The molecule has 5 atom stereocenters. The molecule has 4 aliphatic rings. The summed E-state index contributed by atoms with van der Waals surface area (Å²) in [6.07, 6.45) is 19.0. The van der Waals surface area contributed by atoms with Gasteiger partial charge in [0.15, 0.2) is 0 Å². The second-order valence-corrected chi connectivity index (χ2v) is 9.16. The Morgan fingerprint density at radius 3 is 2.81 bits per heavy atom. The third-order valence-electron chi connectivity index (χ3n) is 7.96. The summed E-state index contributed by atoms with van der Waals surface area (Å²) in [6.45, 7) is 4.88. The lowest BCUT2D eigenvalue weighted by Crippen LogP contribution is -2.47. The van der Waals surface area contributed by atoms with Gasteiger partial charge in [-0.2, -0.15) is 0 Å². The van der Waals surface area contributed by atoms with Crippen LogP contribution in [0.3, 0.4) is 0 Å². The quantitative estimate of drug-likeness (QED) is 0.747. The molecule has 0 bridgehead atoms. The molecule has 1 aromatic rings. The normalized spacial score (nSPS) is 41.3. The van der Waals surface area contributed by atoms with Crippen LogP contribution < -0.4 is 0 Å². The lowest BCUT2D eigenvalue weighted by Gasteiger charge is -2.56. The number of hydrogen-bond acceptors (Lipinski definition) is 3. The minimum Gasteiger partial charge on any atom is -0.393 e. The van der Waals surface area contributed by atoms with Gasteiger partial charge in [-0.25, -0.2) is 0 Å². The van der Waals surface area contributed by atoms with Crippen LogP contribution in [-0.2, 0) is 0 Å². The van der Waals surface area contributed by atoms with Crippen LogP contribution in [0.15, 0.2) is 48.0 Å². The zero-order chi connectivity index (χ0) is 17.9. The largest absolute Gasteiger partial charge is 0.393 e. The Morgan fingerprint density at radius 1 is 1.12 bits per heavy atom. The molecule has 0 saturated heterocycles. The standard InChI is InChI=1S/C23H28N2O/c1-22-9-7-16(26)13-15(22)3-4-17-18-5-6-20(21-14-24-11-12-25-21)23(18,2)10-8-19(17)22/h3,5-6,11-12,14,16-17,19,26H,4,7-10,13H2,1-2H3/t16-,17-,19-,22-,23-/m0/s1. The number of aliphatic hydroxyl groups is 1. The van der Waals surface area contributed by atoms with E-state index in [1.807, 2.05) is 6.20 Å². The topological polar surface area (TPSA) is 46.0 Å². The van der Waals surface area contributed by atoms with Gasteiger partial charge in [0.1, 0.15) is 0 Å². The Morgan fingerprint density at radius 2 is 2.00 bits per heavy atom. The highest BCUT2D eigenvalue weighted by Gasteiger charge is 2.54. The van der Waals surface area contributed by atoms with Gasteiger partial charge in [0.05, 0.1) is 18.0 Å². The van der Waals surface area contributed by atoms with Crippen LogP contribution in [0.2, 0.25) is 0 Å². The van der Waals surface area contributed by atoms with Gasteiger partial charge in [-0.05, 0) is 61.3 Å². The summed E-state index contributed by atoms with van der Waals surface area (Å²) >= 11 is 0. The van der Waals surface area contributed by atoms with E-state index in [9.17, 15) is 5.11 Å². The van der Waals surface area contributed by atoms with Gasteiger partial charge < -0.3 is 5.11 Å². The number of fused-ring (bicyclic) bond motifs is 5. The van der Waals surface area contributed by atoms with Crippen LogP contribution in [0, 0.1) is 22.7 Å². The summed E-state index contributed by atoms with van der Waals surface area (Å²) in [5.74, 6) is 1.34. The zero-order valence-corrected chi connectivity index (χ0v) is 15.8. The first-order chi connectivity index (χ1) is 12.5. The van der Waals surface area contributed by atoms with Crippen LogP contribution >= 0.6 is 0 Å². The van der Waals surface area contributed by atoms with Gasteiger partial charge in [0.2, 0.25) is 0 Å². The van der Waals surface area contributed by atoms with Crippen molar-refractivity contribution in [3.8, 4) is 0 Å². The molecular formula is C23H28N2O. The smallest absolute Gasteiger partial charge is 0.0853 e. The predicted octanol–water partition coefficient (Wildman–Crippen LogP) is 4.71. The van der Waals surface area contributed by atoms with Crippen molar-refractivity contribution in [3.05, 3.63) is 53.7 Å². The molecule has 3 nitrogen and oxygen atoms in total. The van der Waals surface area contributed by atoms with Gasteiger partial charge >= 0.3 is 0 Å². The highest BCUT2D eigenvalue weighted by Crippen LogP contribution is 2.64. The first-order valence-electron chi connectivity index (χ1n) is 10.1. The fourth-order valence-corrected chi connectivity index (χ4v) is 6.46. The number of aliphatic hydroxyl groups excluding tert-OH is 1. The molecule has 0 radical (unpaired) electrons. The van der Waals surface area contributed by atoms with Crippen molar-refractivity contribution in [1.82, 2.24) is 9.97 Å². The van der Waals surface area contributed by atoms with E-state index < -0.39 is 0 Å². The predicted molar refractivity (Wildman–Crippen MR) is 103 cm³/mol. The second-order valence-electron chi connectivity index (χ2n) is 9.16. The SMILES string of the molecule is C[C@]12CC[C@H]3[C@@H](CC=C4C[C@@H](O)CC[C@@]43C)C1=CC=C2c1cnccn1. The van der Waals surface area contributed by atoms with Crippen LogP contribution in [0.5, 0.6) is 0 Å². The Balaban J connectivity index is 1.50. The van der Waals surface area contributed by atoms with E-state index in [0.717, 1.165) is 31.4 Å². The fraction of sp³-hybridized carbons (Fsp3) is 0.565. The van der Waals surface area contributed by atoms with Gasteiger partial charge in [-0.15, -0.1) is 0 Å². The molecule has 3 heteroatoms. The maximum atomic E-state index is 10.1. The summed E-state index contributed by atoms with van der Waals surface area (Å²) < 4.78 is 0. The summed E-state index contributed by atoms with van der Waals surface area (Å²) in [5.41, 5.74) is 5.89. The summed E-state index contributed by atoms with van der Waals surface area (Å²) in [6, 6.07) is 0. The summed E-state index contributed by atoms with van der Waals surface area (Å²) in [5, 5.41) is 10.1. The van der Waals surface area contributed by atoms with Crippen molar-refractivity contribution in [2.45, 2.75) is 58.5 Å². The number of aromatic nitrogens is 2. The van der Waals surface area contributed by atoms with Gasteiger partial charge in [-0.1, -0.05) is 43.2 Å². The number of allylic oxidation sites excluding steroid dienone is 5. The van der Waals surface area contributed by atoms with Crippen molar-refractivity contribution < 1.29 is 5.11 Å². The average Bonchev–Trinajstić information content (AvgIpc) is 3.00. The lowest BCUT2D eigenvalue weighted by atomic mass is 9.49. The maximum Gasteiger partial charge on any atom is 0.0853 e. The molecule has 26 heavy (non-hydrogen) atoms. The van der Waals surface area contributed by atoms with Crippen LogP contribution in [0.1, 0.15) is 58.1 Å². The first kappa shape index (κ1) is 16.4. The van der Waals surface area contributed by atoms with E-state index >= 15 is 0 Å². The Kier molecular flexibility index (Phi) is 3.56. The Labute approximate surface area is 156 Å². The van der Waals surface area contributed by atoms with Crippen molar-refractivity contribution in [1.29, 1.82) is 0 Å². The molecule has 0 unspecified atom stereocenters. The Bertz CT molecular complexity index is 824. The molecule has 4 aliphatic carbocycles. The molecular weight excluding hydrogens is 320 g/mol. The molecule has 2 fully saturated rings. The van der Waals surface area contributed by atoms with Crippen LogP contribution in [0.25, 0.3) is 5.57 Å². The van der Waals surface area contributed by atoms with E-state index in [0.29, 0.717) is 11.8 Å². The average molecular weight is 348 g/mol. The third kappa shape index (κ3) is 2.16. The minimum atomic E-state index is -0.129.